The van der Waals surface area contributed by atoms with E-state index in [0.29, 0.717) is 17.9 Å². The molecule has 0 bridgehead atoms. The van der Waals surface area contributed by atoms with Gasteiger partial charge in [-0.15, -0.1) is 0 Å². The molecule has 0 aromatic heterocycles. The third kappa shape index (κ3) is 6.04. The third-order valence-electron chi connectivity index (χ3n) is 4.63. The summed E-state index contributed by atoms with van der Waals surface area (Å²) in [7, 11) is 0. The van der Waals surface area contributed by atoms with Crippen LogP contribution in [0.5, 0.6) is 0 Å². The van der Waals surface area contributed by atoms with Crippen molar-refractivity contribution in [3.8, 4) is 0 Å². The minimum atomic E-state index is -0.498. The SMILES string of the molecule is CSCCC(NC(=O)c1cccc(C)c1)C(=O)NC1CCNCC1C. The van der Waals surface area contributed by atoms with Crippen molar-refractivity contribution < 1.29 is 9.59 Å². The number of hydrogen-bond donors (Lipinski definition) is 3. The van der Waals surface area contributed by atoms with Crippen molar-refractivity contribution in [3.63, 3.8) is 0 Å². The van der Waals surface area contributed by atoms with Crippen molar-refractivity contribution in [3.05, 3.63) is 35.4 Å². The van der Waals surface area contributed by atoms with Crippen LogP contribution < -0.4 is 16.0 Å². The van der Waals surface area contributed by atoms with Crippen LogP contribution in [0.15, 0.2) is 24.3 Å². The molecular weight excluding hydrogens is 334 g/mol. The largest absolute Gasteiger partial charge is 0.351 e. The van der Waals surface area contributed by atoms with Gasteiger partial charge in [0.05, 0.1) is 0 Å². The quantitative estimate of drug-likeness (QED) is 0.693. The Morgan fingerprint density at radius 1 is 1.40 bits per heavy atom. The molecule has 0 spiro atoms. The lowest BCUT2D eigenvalue weighted by Crippen LogP contribution is -2.54. The maximum absolute atomic E-state index is 12.7. The average Bonchev–Trinajstić information content (AvgIpc) is 2.60. The maximum atomic E-state index is 12.7. The Balaban J connectivity index is 2.01. The van der Waals surface area contributed by atoms with E-state index in [0.717, 1.165) is 30.8 Å². The highest BCUT2D eigenvalue weighted by Gasteiger charge is 2.27. The number of piperidine rings is 1. The van der Waals surface area contributed by atoms with Crippen molar-refractivity contribution in [1.82, 2.24) is 16.0 Å². The van der Waals surface area contributed by atoms with E-state index in [-0.39, 0.29) is 17.9 Å². The average molecular weight is 364 g/mol. The molecule has 0 saturated carbocycles. The number of carbonyl (C=O) groups excluding carboxylic acids is 2. The molecule has 0 radical (unpaired) electrons. The van der Waals surface area contributed by atoms with Crippen LogP contribution in [0.4, 0.5) is 0 Å². The predicted octanol–water partition coefficient (Wildman–Crippen LogP) is 1.96. The van der Waals surface area contributed by atoms with Crippen molar-refractivity contribution in [1.29, 1.82) is 0 Å². The monoisotopic (exact) mass is 363 g/mol. The van der Waals surface area contributed by atoms with Crippen LogP contribution in [-0.2, 0) is 4.79 Å². The topological polar surface area (TPSA) is 70.2 Å². The molecule has 2 rings (SSSR count). The second kappa shape index (κ2) is 9.82. The Morgan fingerprint density at radius 2 is 2.20 bits per heavy atom. The smallest absolute Gasteiger partial charge is 0.251 e. The van der Waals surface area contributed by atoms with Crippen molar-refractivity contribution >= 4 is 23.6 Å². The number of rotatable bonds is 7. The van der Waals surface area contributed by atoms with E-state index in [1.165, 1.54) is 0 Å². The fraction of sp³-hybridized carbons (Fsp3) is 0.579. The number of hydrogen-bond acceptors (Lipinski definition) is 4. The summed E-state index contributed by atoms with van der Waals surface area (Å²) >= 11 is 1.68. The van der Waals surface area contributed by atoms with Gasteiger partial charge in [-0.3, -0.25) is 9.59 Å². The molecule has 1 aromatic rings. The molecule has 0 aliphatic carbocycles. The Labute approximate surface area is 154 Å². The van der Waals surface area contributed by atoms with Gasteiger partial charge in [-0.1, -0.05) is 24.6 Å². The van der Waals surface area contributed by atoms with E-state index in [4.69, 9.17) is 0 Å². The Bertz CT molecular complexity index is 594. The van der Waals surface area contributed by atoms with Crippen LogP contribution in [0.25, 0.3) is 0 Å². The number of carbonyl (C=O) groups is 2. The lowest BCUT2D eigenvalue weighted by atomic mass is 9.95. The molecule has 2 amide bonds. The zero-order chi connectivity index (χ0) is 18.2. The normalized spacial score (nSPS) is 21.4. The first-order valence-corrected chi connectivity index (χ1v) is 10.3. The van der Waals surface area contributed by atoms with Crippen molar-refractivity contribution in [2.75, 3.05) is 25.1 Å². The van der Waals surface area contributed by atoms with E-state index in [9.17, 15) is 9.59 Å². The number of aryl methyl sites for hydroxylation is 1. The van der Waals surface area contributed by atoms with Gasteiger partial charge in [-0.25, -0.2) is 0 Å². The first kappa shape index (κ1) is 19.8. The first-order chi connectivity index (χ1) is 12.0. The summed E-state index contributed by atoms with van der Waals surface area (Å²) in [5, 5.41) is 9.40. The Morgan fingerprint density at radius 3 is 2.88 bits per heavy atom. The third-order valence-corrected chi connectivity index (χ3v) is 5.27. The van der Waals surface area contributed by atoms with Crippen molar-refractivity contribution in [2.45, 2.75) is 38.8 Å². The minimum absolute atomic E-state index is 0.0752. The van der Waals surface area contributed by atoms with Gasteiger partial charge < -0.3 is 16.0 Å². The van der Waals surface area contributed by atoms with Gasteiger partial charge in [0, 0.05) is 11.6 Å². The van der Waals surface area contributed by atoms with Crippen LogP contribution in [0.2, 0.25) is 0 Å². The molecule has 1 aliphatic rings. The molecule has 1 aromatic carbocycles. The van der Waals surface area contributed by atoms with Crippen LogP contribution in [0.1, 0.15) is 35.7 Å². The highest BCUT2D eigenvalue weighted by atomic mass is 32.2. The summed E-state index contributed by atoms with van der Waals surface area (Å²) < 4.78 is 0. The lowest BCUT2D eigenvalue weighted by Gasteiger charge is -2.31. The minimum Gasteiger partial charge on any atom is -0.351 e. The van der Waals surface area contributed by atoms with Gasteiger partial charge in [0.25, 0.3) is 5.91 Å². The molecule has 6 heteroatoms. The van der Waals surface area contributed by atoms with E-state index in [1.54, 1.807) is 17.8 Å². The summed E-state index contributed by atoms with van der Waals surface area (Å²) in [4.78, 5) is 25.3. The highest BCUT2D eigenvalue weighted by molar-refractivity contribution is 7.98. The van der Waals surface area contributed by atoms with Crippen LogP contribution in [-0.4, -0.2) is 49.0 Å². The molecule has 25 heavy (non-hydrogen) atoms. The molecule has 1 heterocycles. The molecule has 1 saturated heterocycles. The lowest BCUT2D eigenvalue weighted by molar-refractivity contribution is -0.124. The van der Waals surface area contributed by atoms with Gasteiger partial charge in [0.15, 0.2) is 0 Å². The molecule has 3 atom stereocenters. The van der Waals surface area contributed by atoms with Crippen LogP contribution in [0.3, 0.4) is 0 Å². The maximum Gasteiger partial charge on any atom is 0.251 e. The molecule has 138 valence electrons. The number of thioether (sulfide) groups is 1. The predicted molar refractivity (Wildman–Crippen MR) is 104 cm³/mol. The first-order valence-electron chi connectivity index (χ1n) is 8.89. The zero-order valence-corrected chi connectivity index (χ0v) is 16.1. The second-order valence-electron chi connectivity index (χ2n) is 6.76. The van der Waals surface area contributed by atoms with E-state index in [1.807, 2.05) is 31.4 Å². The second-order valence-corrected chi connectivity index (χ2v) is 7.75. The molecule has 3 unspecified atom stereocenters. The Kier molecular flexibility index (Phi) is 7.78. The standard InChI is InChI=1S/C19H29N3O2S/c1-13-5-4-6-15(11-13)18(23)22-17(8-10-25-3)19(24)21-16-7-9-20-12-14(16)2/h4-6,11,14,16-17,20H,7-10,12H2,1-3H3,(H,21,24)(H,22,23). The summed E-state index contributed by atoms with van der Waals surface area (Å²) in [5.74, 6) is 0.956. The number of benzene rings is 1. The fourth-order valence-corrected chi connectivity index (χ4v) is 3.52. The summed E-state index contributed by atoms with van der Waals surface area (Å²) in [6, 6.07) is 7.10. The van der Waals surface area contributed by atoms with Gasteiger partial charge >= 0.3 is 0 Å². The molecule has 1 fully saturated rings. The summed E-state index contributed by atoms with van der Waals surface area (Å²) in [6.45, 7) is 5.92. The van der Waals surface area contributed by atoms with Gasteiger partial charge in [0.1, 0.15) is 6.04 Å². The van der Waals surface area contributed by atoms with Gasteiger partial charge in [-0.2, -0.15) is 11.8 Å². The van der Waals surface area contributed by atoms with Crippen molar-refractivity contribution in [2.24, 2.45) is 5.92 Å². The molecule has 1 aliphatic heterocycles. The van der Waals surface area contributed by atoms with E-state index < -0.39 is 6.04 Å². The molecule has 5 nitrogen and oxygen atoms in total. The number of amides is 2. The fourth-order valence-electron chi connectivity index (χ4n) is 3.04. The highest BCUT2D eigenvalue weighted by Crippen LogP contribution is 2.12. The molecule has 3 N–H and O–H groups in total. The zero-order valence-electron chi connectivity index (χ0n) is 15.3. The van der Waals surface area contributed by atoms with Gasteiger partial charge in [-0.05, 0) is 62.9 Å². The molecular formula is C19H29N3O2S. The van der Waals surface area contributed by atoms with E-state index >= 15 is 0 Å². The van der Waals surface area contributed by atoms with Gasteiger partial charge in [0.2, 0.25) is 5.91 Å². The summed E-state index contributed by atoms with van der Waals surface area (Å²) in [6.07, 6.45) is 3.56. The van der Waals surface area contributed by atoms with Crippen LogP contribution >= 0.6 is 11.8 Å². The Hall–Kier alpha value is -1.53. The van der Waals surface area contributed by atoms with E-state index in [2.05, 4.69) is 22.9 Å². The number of nitrogens with one attached hydrogen (secondary N) is 3. The summed E-state index contributed by atoms with van der Waals surface area (Å²) in [5.41, 5.74) is 1.62. The van der Waals surface area contributed by atoms with Crippen LogP contribution in [0, 0.1) is 12.8 Å².